The molecule has 4 heterocycles. The molecule has 0 amide bonds. The van der Waals surface area contributed by atoms with E-state index in [1.807, 2.05) is 43.5 Å². The molecule has 138 valence electrons. The van der Waals surface area contributed by atoms with E-state index in [9.17, 15) is 0 Å². The van der Waals surface area contributed by atoms with E-state index in [0.29, 0.717) is 6.04 Å². The molecule has 1 atom stereocenters. The molecule has 0 aliphatic carbocycles. The number of piperazine rings is 1. The summed E-state index contributed by atoms with van der Waals surface area (Å²) in [4.78, 5) is 9.96. The molecule has 6 heteroatoms. The Morgan fingerprint density at radius 3 is 2.81 bits per heavy atom. The van der Waals surface area contributed by atoms with Crippen molar-refractivity contribution in [3.63, 3.8) is 0 Å². The van der Waals surface area contributed by atoms with Crippen LogP contribution >= 0.6 is 11.6 Å². The monoisotopic (exact) mass is 371 g/mol. The Morgan fingerprint density at radius 1 is 1.12 bits per heavy atom. The molecule has 1 aromatic carbocycles. The molecule has 0 saturated carbocycles. The first-order valence-electron chi connectivity index (χ1n) is 9.64. The van der Waals surface area contributed by atoms with Gasteiger partial charge in [0, 0.05) is 36.1 Å². The normalized spacial score (nSPS) is 20.3. The average Bonchev–Trinajstić information content (AvgIpc) is 3.28. The van der Waals surface area contributed by atoms with Crippen LogP contribution in [0.15, 0.2) is 24.3 Å². The fourth-order valence-corrected chi connectivity index (χ4v) is 4.36. The van der Waals surface area contributed by atoms with Crippen molar-refractivity contribution in [3.05, 3.63) is 35.0 Å². The summed E-state index contributed by atoms with van der Waals surface area (Å²) in [7, 11) is 0. The average molecular weight is 372 g/mol. The number of aromatic nitrogens is 3. The van der Waals surface area contributed by atoms with Crippen molar-refractivity contribution in [2.75, 3.05) is 31.1 Å². The van der Waals surface area contributed by atoms with Crippen LogP contribution in [0.25, 0.3) is 16.4 Å². The van der Waals surface area contributed by atoms with Crippen LogP contribution in [-0.4, -0.2) is 51.7 Å². The zero-order valence-corrected chi connectivity index (χ0v) is 16.5. The van der Waals surface area contributed by atoms with Crippen molar-refractivity contribution in [2.24, 2.45) is 0 Å². The fourth-order valence-electron chi connectivity index (χ4n) is 4.19. The van der Waals surface area contributed by atoms with E-state index in [1.165, 1.54) is 19.4 Å². The summed E-state index contributed by atoms with van der Waals surface area (Å²) >= 11 is 6.20. The summed E-state index contributed by atoms with van der Waals surface area (Å²) in [6, 6.07) is 8.69. The number of nitrogens with zero attached hydrogens (tertiary/aromatic N) is 5. The van der Waals surface area contributed by atoms with Gasteiger partial charge in [-0.25, -0.2) is 4.98 Å². The predicted octanol–water partition coefficient (Wildman–Crippen LogP) is 4.15. The van der Waals surface area contributed by atoms with Gasteiger partial charge in [0.15, 0.2) is 0 Å². The summed E-state index contributed by atoms with van der Waals surface area (Å²) in [5.74, 6) is 0.958. The zero-order valence-electron chi connectivity index (χ0n) is 15.7. The molecular weight excluding hydrogens is 346 g/mol. The van der Waals surface area contributed by atoms with Gasteiger partial charge in [0.25, 0.3) is 0 Å². The Hall–Kier alpha value is -1.85. The first kappa shape index (κ1) is 17.6. The minimum absolute atomic E-state index is 0.660. The molecule has 0 spiro atoms. The first-order chi connectivity index (χ1) is 12.7. The van der Waals surface area contributed by atoms with E-state index >= 15 is 0 Å². The summed E-state index contributed by atoms with van der Waals surface area (Å²) in [6.45, 7) is 10.4. The SMILES string of the molecule is CC.Cc1cc2c3cc(Cl)ccc3nc(N3CCN4CCCC4C3)n2n1. The highest BCUT2D eigenvalue weighted by molar-refractivity contribution is 6.31. The number of fused-ring (bicyclic) bond motifs is 4. The molecule has 0 N–H and O–H groups in total. The van der Waals surface area contributed by atoms with E-state index in [4.69, 9.17) is 21.7 Å². The Morgan fingerprint density at radius 2 is 1.96 bits per heavy atom. The second kappa shape index (κ2) is 7.05. The molecule has 5 nitrogen and oxygen atoms in total. The van der Waals surface area contributed by atoms with Gasteiger partial charge in [0.05, 0.1) is 16.7 Å². The fraction of sp³-hybridized carbons (Fsp3) is 0.500. The molecule has 1 unspecified atom stereocenters. The molecule has 5 rings (SSSR count). The van der Waals surface area contributed by atoms with Gasteiger partial charge < -0.3 is 4.90 Å². The third-order valence-electron chi connectivity index (χ3n) is 5.35. The van der Waals surface area contributed by atoms with Crippen LogP contribution in [0.3, 0.4) is 0 Å². The summed E-state index contributed by atoms with van der Waals surface area (Å²) in [5.41, 5.74) is 3.07. The van der Waals surface area contributed by atoms with Crippen LogP contribution in [0.1, 0.15) is 32.4 Å². The molecule has 0 radical (unpaired) electrons. The minimum Gasteiger partial charge on any atom is -0.338 e. The Balaban J connectivity index is 0.000000814. The molecule has 2 aliphatic rings. The third kappa shape index (κ3) is 2.93. The van der Waals surface area contributed by atoms with Gasteiger partial charge >= 0.3 is 0 Å². The lowest BCUT2D eigenvalue weighted by atomic mass is 10.1. The van der Waals surface area contributed by atoms with Gasteiger partial charge in [-0.3, -0.25) is 4.90 Å². The van der Waals surface area contributed by atoms with Gasteiger partial charge in [0.1, 0.15) is 0 Å². The maximum absolute atomic E-state index is 6.20. The topological polar surface area (TPSA) is 36.7 Å². The second-order valence-corrected chi connectivity index (χ2v) is 7.37. The summed E-state index contributed by atoms with van der Waals surface area (Å²) in [5, 5.41) is 6.50. The maximum Gasteiger partial charge on any atom is 0.227 e. The highest BCUT2D eigenvalue weighted by atomic mass is 35.5. The smallest absolute Gasteiger partial charge is 0.227 e. The van der Waals surface area contributed by atoms with Crippen LogP contribution in [0.5, 0.6) is 0 Å². The van der Waals surface area contributed by atoms with Crippen LogP contribution in [0.2, 0.25) is 5.02 Å². The van der Waals surface area contributed by atoms with E-state index in [-0.39, 0.29) is 0 Å². The van der Waals surface area contributed by atoms with E-state index in [2.05, 4.69) is 15.9 Å². The van der Waals surface area contributed by atoms with Gasteiger partial charge in [-0.15, -0.1) is 0 Å². The number of hydrogen-bond acceptors (Lipinski definition) is 4. The molecule has 3 aromatic rings. The lowest BCUT2D eigenvalue weighted by molar-refractivity contribution is 0.229. The molecule has 2 aromatic heterocycles. The number of hydrogen-bond donors (Lipinski definition) is 0. The van der Waals surface area contributed by atoms with Crippen LogP contribution in [-0.2, 0) is 0 Å². The van der Waals surface area contributed by atoms with Crippen LogP contribution in [0.4, 0.5) is 5.95 Å². The van der Waals surface area contributed by atoms with Crippen molar-refractivity contribution < 1.29 is 0 Å². The van der Waals surface area contributed by atoms with Crippen molar-refractivity contribution in [1.29, 1.82) is 0 Å². The first-order valence-corrected chi connectivity index (χ1v) is 10.0. The van der Waals surface area contributed by atoms with Crippen molar-refractivity contribution >= 4 is 34.0 Å². The van der Waals surface area contributed by atoms with E-state index in [1.54, 1.807) is 0 Å². The van der Waals surface area contributed by atoms with Crippen molar-refractivity contribution in [1.82, 2.24) is 19.5 Å². The number of benzene rings is 1. The third-order valence-corrected chi connectivity index (χ3v) is 5.58. The highest BCUT2D eigenvalue weighted by Crippen LogP contribution is 2.29. The summed E-state index contributed by atoms with van der Waals surface area (Å²) in [6.07, 6.45) is 2.61. The van der Waals surface area contributed by atoms with Gasteiger partial charge in [-0.05, 0) is 50.6 Å². The molecule has 2 aliphatic heterocycles. The van der Waals surface area contributed by atoms with E-state index < -0.39 is 0 Å². The van der Waals surface area contributed by atoms with Crippen LogP contribution in [0, 0.1) is 6.92 Å². The van der Waals surface area contributed by atoms with Crippen molar-refractivity contribution in [2.45, 2.75) is 39.7 Å². The van der Waals surface area contributed by atoms with Gasteiger partial charge in [-0.1, -0.05) is 25.4 Å². The zero-order chi connectivity index (χ0) is 18.3. The predicted molar refractivity (Wildman–Crippen MR) is 108 cm³/mol. The quantitative estimate of drug-likeness (QED) is 0.643. The Kier molecular flexibility index (Phi) is 4.76. The Bertz CT molecular complexity index is 935. The number of halogens is 1. The number of rotatable bonds is 1. The molecule has 26 heavy (non-hydrogen) atoms. The number of anilines is 1. The largest absolute Gasteiger partial charge is 0.338 e. The number of aryl methyl sites for hydroxylation is 1. The van der Waals surface area contributed by atoms with Crippen LogP contribution < -0.4 is 4.90 Å². The standard InChI is InChI=1S/C18H20ClN5.C2H6/c1-12-9-17-15-10-13(19)4-5-16(15)20-18(24(17)21-12)23-8-7-22-6-2-3-14(22)11-23;1-2/h4-5,9-10,14H,2-3,6-8,11H2,1H3;1-2H3. The molecule has 0 bridgehead atoms. The lowest BCUT2D eigenvalue weighted by Crippen LogP contribution is -2.51. The lowest BCUT2D eigenvalue weighted by Gasteiger charge is -2.38. The maximum atomic E-state index is 6.20. The van der Waals surface area contributed by atoms with E-state index in [0.717, 1.165) is 52.7 Å². The molecule has 2 saturated heterocycles. The molecular formula is C20H26ClN5. The minimum atomic E-state index is 0.660. The highest BCUT2D eigenvalue weighted by Gasteiger charge is 2.32. The van der Waals surface area contributed by atoms with Crippen molar-refractivity contribution in [3.8, 4) is 0 Å². The molecule has 2 fully saturated rings. The van der Waals surface area contributed by atoms with Gasteiger partial charge in [0.2, 0.25) is 5.95 Å². The van der Waals surface area contributed by atoms with Gasteiger partial charge in [-0.2, -0.15) is 9.61 Å². The summed E-state index contributed by atoms with van der Waals surface area (Å²) < 4.78 is 2.00. The second-order valence-electron chi connectivity index (χ2n) is 6.93. The Labute approximate surface area is 159 Å².